The van der Waals surface area contributed by atoms with Crippen molar-refractivity contribution in [3.8, 4) is 11.4 Å². The van der Waals surface area contributed by atoms with Crippen LogP contribution in [0.4, 0.5) is 5.69 Å². The van der Waals surface area contributed by atoms with E-state index in [9.17, 15) is 9.59 Å². The van der Waals surface area contributed by atoms with Crippen molar-refractivity contribution in [3.05, 3.63) is 65.5 Å². The van der Waals surface area contributed by atoms with Crippen molar-refractivity contribution in [2.45, 2.75) is 6.92 Å². The van der Waals surface area contributed by atoms with E-state index < -0.39 is 0 Å². The number of nitrogens with one attached hydrogen (secondary N) is 3. The molecule has 0 unspecified atom stereocenters. The SMILES string of the molecule is CNC(=O)c1cccc(NC(=O)c2cc(-c3ccccn3)n[nH]2)c1C. The van der Waals surface area contributed by atoms with E-state index in [2.05, 4.69) is 25.8 Å². The smallest absolute Gasteiger partial charge is 0.273 e. The normalized spacial score (nSPS) is 10.3. The van der Waals surface area contributed by atoms with Gasteiger partial charge in [0.1, 0.15) is 11.4 Å². The molecule has 0 bridgehead atoms. The van der Waals surface area contributed by atoms with Gasteiger partial charge in [-0.3, -0.25) is 19.7 Å². The van der Waals surface area contributed by atoms with Gasteiger partial charge in [-0.25, -0.2) is 0 Å². The molecule has 2 aromatic heterocycles. The molecule has 0 fully saturated rings. The Bertz CT molecular complexity index is 918. The summed E-state index contributed by atoms with van der Waals surface area (Å²) in [5.74, 6) is -0.542. The highest BCUT2D eigenvalue weighted by Gasteiger charge is 2.15. The van der Waals surface area contributed by atoms with Crippen LogP contribution < -0.4 is 10.6 Å². The summed E-state index contributed by atoms with van der Waals surface area (Å²) in [7, 11) is 1.57. The van der Waals surface area contributed by atoms with Crippen LogP contribution in [0.5, 0.6) is 0 Å². The number of carbonyl (C=O) groups excluding carboxylic acids is 2. The first kappa shape index (κ1) is 16.4. The number of hydrogen-bond donors (Lipinski definition) is 3. The van der Waals surface area contributed by atoms with Crippen LogP contribution in [0.1, 0.15) is 26.4 Å². The van der Waals surface area contributed by atoms with Gasteiger partial charge in [-0.1, -0.05) is 12.1 Å². The Morgan fingerprint density at radius 2 is 1.88 bits per heavy atom. The van der Waals surface area contributed by atoms with Crippen molar-refractivity contribution < 1.29 is 9.59 Å². The highest BCUT2D eigenvalue weighted by atomic mass is 16.2. The molecule has 0 spiro atoms. The molecule has 3 rings (SSSR count). The lowest BCUT2D eigenvalue weighted by molar-refractivity contribution is 0.0960. The number of aromatic nitrogens is 3. The Kier molecular flexibility index (Phi) is 4.56. The van der Waals surface area contributed by atoms with Crippen molar-refractivity contribution in [1.29, 1.82) is 0 Å². The van der Waals surface area contributed by atoms with Crippen LogP contribution in [-0.2, 0) is 0 Å². The first-order valence-corrected chi connectivity index (χ1v) is 7.70. The number of aromatic amines is 1. The van der Waals surface area contributed by atoms with Gasteiger partial charge in [0.25, 0.3) is 11.8 Å². The fraction of sp³-hybridized carbons (Fsp3) is 0.111. The average Bonchev–Trinajstić information content (AvgIpc) is 3.14. The number of carbonyl (C=O) groups is 2. The molecule has 0 atom stereocenters. The Hall–Kier alpha value is -3.48. The van der Waals surface area contributed by atoms with E-state index in [1.807, 2.05) is 18.2 Å². The second-order valence-electron chi connectivity index (χ2n) is 5.39. The Morgan fingerprint density at radius 1 is 1.04 bits per heavy atom. The molecule has 1 aromatic carbocycles. The molecule has 126 valence electrons. The van der Waals surface area contributed by atoms with Gasteiger partial charge < -0.3 is 10.6 Å². The minimum absolute atomic E-state index is 0.201. The minimum Gasteiger partial charge on any atom is -0.355 e. The number of anilines is 1. The summed E-state index contributed by atoms with van der Waals surface area (Å²) in [5, 5.41) is 12.2. The number of amides is 2. The molecule has 0 saturated heterocycles. The number of benzene rings is 1. The van der Waals surface area contributed by atoms with Crippen molar-refractivity contribution in [2.24, 2.45) is 0 Å². The van der Waals surface area contributed by atoms with Crippen molar-refractivity contribution in [1.82, 2.24) is 20.5 Å². The summed E-state index contributed by atoms with van der Waals surface area (Å²) in [5.41, 5.74) is 3.35. The highest BCUT2D eigenvalue weighted by Crippen LogP contribution is 2.20. The monoisotopic (exact) mass is 335 g/mol. The van der Waals surface area contributed by atoms with Crippen LogP contribution in [0.25, 0.3) is 11.4 Å². The third kappa shape index (κ3) is 3.40. The van der Waals surface area contributed by atoms with Crippen molar-refractivity contribution in [3.63, 3.8) is 0 Å². The third-order valence-electron chi connectivity index (χ3n) is 3.80. The van der Waals surface area contributed by atoms with Crippen LogP contribution in [0, 0.1) is 6.92 Å². The largest absolute Gasteiger partial charge is 0.355 e. The molecule has 0 saturated carbocycles. The van der Waals surface area contributed by atoms with Crippen LogP contribution in [-0.4, -0.2) is 34.0 Å². The van der Waals surface area contributed by atoms with E-state index in [4.69, 9.17) is 0 Å². The highest BCUT2D eigenvalue weighted by molar-refractivity contribution is 6.05. The van der Waals surface area contributed by atoms with Crippen molar-refractivity contribution in [2.75, 3.05) is 12.4 Å². The quantitative estimate of drug-likeness (QED) is 0.681. The topological polar surface area (TPSA) is 99.8 Å². The van der Waals surface area contributed by atoms with Gasteiger partial charge in [0, 0.05) is 24.5 Å². The van der Waals surface area contributed by atoms with Gasteiger partial charge in [-0.2, -0.15) is 5.10 Å². The summed E-state index contributed by atoms with van der Waals surface area (Å²) < 4.78 is 0. The first-order valence-electron chi connectivity index (χ1n) is 7.70. The Morgan fingerprint density at radius 3 is 2.60 bits per heavy atom. The van der Waals surface area contributed by atoms with Gasteiger partial charge in [0.15, 0.2) is 0 Å². The molecule has 2 heterocycles. The van der Waals surface area contributed by atoms with Gasteiger partial charge in [-0.05, 0) is 42.8 Å². The minimum atomic E-state index is -0.341. The molecular formula is C18H17N5O2. The maximum atomic E-state index is 12.5. The number of pyridine rings is 1. The van der Waals surface area contributed by atoms with Crippen molar-refractivity contribution >= 4 is 17.5 Å². The van der Waals surface area contributed by atoms with E-state index in [-0.39, 0.29) is 11.8 Å². The summed E-state index contributed by atoms with van der Waals surface area (Å²) >= 11 is 0. The summed E-state index contributed by atoms with van der Waals surface area (Å²) in [6, 6.07) is 12.3. The van der Waals surface area contributed by atoms with Crippen LogP contribution >= 0.6 is 0 Å². The van der Waals surface area contributed by atoms with E-state index >= 15 is 0 Å². The van der Waals surface area contributed by atoms with E-state index in [1.165, 1.54) is 0 Å². The lowest BCUT2D eigenvalue weighted by atomic mass is 10.1. The molecule has 7 nitrogen and oxygen atoms in total. The van der Waals surface area contributed by atoms with E-state index in [0.29, 0.717) is 33.9 Å². The molecule has 25 heavy (non-hydrogen) atoms. The maximum absolute atomic E-state index is 12.5. The molecule has 3 N–H and O–H groups in total. The average molecular weight is 335 g/mol. The summed E-state index contributed by atoms with van der Waals surface area (Å²) in [4.78, 5) is 28.5. The first-order chi connectivity index (χ1) is 12.1. The molecule has 2 amide bonds. The third-order valence-corrected chi connectivity index (χ3v) is 3.80. The van der Waals surface area contributed by atoms with E-state index in [1.54, 1.807) is 44.4 Å². The van der Waals surface area contributed by atoms with Gasteiger partial charge in [-0.15, -0.1) is 0 Å². The molecule has 0 aliphatic carbocycles. The summed E-state index contributed by atoms with van der Waals surface area (Å²) in [6.07, 6.45) is 1.66. The number of hydrogen-bond acceptors (Lipinski definition) is 4. The number of nitrogens with zero attached hydrogens (tertiary/aromatic N) is 2. The fourth-order valence-electron chi connectivity index (χ4n) is 2.42. The molecular weight excluding hydrogens is 318 g/mol. The van der Waals surface area contributed by atoms with E-state index in [0.717, 1.165) is 0 Å². The van der Waals surface area contributed by atoms with Crippen LogP contribution in [0.3, 0.4) is 0 Å². The zero-order valence-corrected chi connectivity index (χ0v) is 13.8. The lowest BCUT2D eigenvalue weighted by Gasteiger charge is -2.11. The van der Waals surface area contributed by atoms with Gasteiger partial charge in [0.05, 0.1) is 5.69 Å². The number of H-pyrrole nitrogens is 1. The molecule has 3 aromatic rings. The fourth-order valence-corrected chi connectivity index (χ4v) is 2.42. The second kappa shape index (κ2) is 6.96. The predicted molar refractivity (Wildman–Crippen MR) is 94.3 cm³/mol. The van der Waals surface area contributed by atoms with Gasteiger partial charge >= 0.3 is 0 Å². The standard InChI is InChI=1S/C18H17N5O2/c1-11-12(17(24)19-2)6-5-8-13(11)21-18(25)16-10-15(22-23-16)14-7-3-4-9-20-14/h3-10H,1-2H3,(H,19,24)(H,21,25)(H,22,23). The number of rotatable bonds is 4. The zero-order chi connectivity index (χ0) is 17.8. The molecule has 7 heteroatoms. The Labute approximate surface area is 144 Å². The Balaban J connectivity index is 1.82. The van der Waals surface area contributed by atoms with Crippen LogP contribution in [0.2, 0.25) is 0 Å². The second-order valence-corrected chi connectivity index (χ2v) is 5.39. The summed E-state index contributed by atoms with van der Waals surface area (Å²) in [6.45, 7) is 1.78. The van der Waals surface area contributed by atoms with Crippen LogP contribution in [0.15, 0.2) is 48.7 Å². The molecule has 0 radical (unpaired) electrons. The maximum Gasteiger partial charge on any atom is 0.273 e. The predicted octanol–water partition coefficient (Wildman–Crippen LogP) is 2.39. The molecule has 0 aliphatic heterocycles. The zero-order valence-electron chi connectivity index (χ0n) is 13.8. The lowest BCUT2D eigenvalue weighted by Crippen LogP contribution is -2.20. The van der Waals surface area contributed by atoms with Gasteiger partial charge in [0.2, 0.25) is 0 Å². The molecule has 0 aliphatic rings.